The Bertz CT molecular complexity index is 1310. The van der Waals surface area contributed by atoms with Crippen LogP contribution in [-0.4, -0.2) is 65.5 Å². The van der Waals surface area contributed by atoms with Crippen LogP contribution >= 0.6 is 36.6 Å². The number of carbonyl (C=O) groups excluding carboxylic acids is 1. The number of halogens is 5. The number of carbonyl (C=O) groups is 1. The van der Waals surface area contributed by atoms with Gasteiger partial charge in [0.25, 0.3) is 0 Å². The number of piperidine rings is 1. The molecule has 5 rings (SSSR count). The van der Waals surface area contributed by atoms with Crippen LogP contribution in [0.4, 0.5) is 18.9 Å². The van der Waals surface area contributed by atoms with Crippen molar-refractivity contribution in [1.82, 2.24) is 20.2 Å². The summed E-state index contributed by atoms with van der Waals surface area (Å²) in [5.74, 6) is -0.498. The van der Waals surface area contributed by atoms with Crippen molar-refractivity contribution in [1.29, 1.82) is 0 Å². The Hall–Kier alpha value is -2.31. The van der Waals surface area contributed by atoms with E-state index in [1.807, 2.05) is 11.0 Å². The van der Waals surface area contributed by atoms with E-state index < -0.39 is 17.8 Å². The number of rotatable bonds is 7. The van der Waals surface area contributed by atoms with Crippen molar-refractivity contribution in [3.63, 3.8) is 0 Å². The number of benzene rings is 1. The van der Waals surface area contributed by atoms with Crippen LogP contribution in [0, 0.1) is 11.6 Å². The highest BCUT2D eigenvalue weighted by atomic mass is 35.5. The number of fused-ring (bicyclic) bond motifs is 2. The molecule has 2 aliphatic heterocycles. The molecular formula is C25H28Cl2F3N5O2S. The Labute approximate surface area is 235 Å². The first-order valence-electron chi connectivity index (χ1n) is 11.7. The topological polar surface area (TPSA) is 79.4 Å². The third kappa shape index (κ3) is 6.63. The lowest BCUT2D eigenvalue weighted by atomic mass is 10.0. The molecule has 2 aliphatic rings. The van der Waals surface area contributed by atoms with Crippen molar-refractivity contribution in [2.24, 2.45) is 0 Å². The Balaban J connectivity index is 0.00000200. The number of aromatic nitrogens is 2. The van der Waals surface area contributed by atoms with Crippen LogP contribution in [0.15, 0.2) is 35.6 Å². The number of anilines is 1. The molecule has 38 heavy (non-hydrogen) atoms. The van der Waals surface area contributed by atoms with Crippen LogP contribution in [0.3, 0.4) is 0 Å². The number of nitrogens with one attached hydrogen (secondary N) is 2. The summed E-state index contributed by atoms with van der Waals surface area (Å²) in [6, 6.07) is 4.35. The average Bonchev–Trinajstić information content (AvgIpc) is 2.87. The fourth-order valence-corrected chi connectivity index (χ4v) is 5.40. The van der Waals surface area contributed by atoms with Crippen LogP contribution in [0.2, 0.25) is 0 Å². The molecule has 2 N–H and O–H groups in total. The molecule has 1 aromatic carbocycles. The van der Waals surface area contributed by atoms with Crippen LogP contribution in [-0.2, 0) is 17.8 Å². The van der Waals surface area contributed by atoms with Gasteiger partial charge in [0, 0.05) is 48.9 Å². The number of alkyl halides is 1. The number of ether oxygens (including phenoxy) is 1. The minimum absolute atomic E-state index is 0. The molecule has 13 heteroatoms. The monoisotopic (exact) mass is 589 g/mol. The molecule has 1 saturated heterocycles. The van der Waals surface area contributed by atoms with Crippen molar-refractivity contribution < 1.29 is 22.7 Å². The highest BCUT2D eigenvalue weighted by Gasteiger charge is 2.29. The van der Waals surface area contributed by atoms with Crippen molar-refractivity contribution in [3.8, 4) is 5.75 Å². The summed E-state index contributed by atoms with van der Waals surface area (Å²) in [5.41, 5.74) is 2.00. The minimum Gasteiger partial charge on any atom is -0.497 e. The molecule has 0 radical (unpaired) electrons. The Morgan fingerprint density at radius 2 is 2.00 bits per heavy atom. The van der Waals surface area contributed by atoms with Crippen LogP contribution in [0.25, 0.3) is 10.9 Å². The van der Waals surface area contributed by atoms with Crippen molar-refractivity contribution in [2.45, 2.75) is 36.6 Å². The number of thioether (sulfide) groups is 1. The fraction of sp³-hybridized carbons (Fsp3) is 0.400. The van der Waals surface area contributed by atoms with E-state index in [4.69, 9.17) is 4.74 Å². The molecule has 0 spiro atoms. The first-order valence-corrected chi connectivity index (χ1v) is 12.7. The quantitative estimate of drug-likeness (QED) is 0.418. The number of likely N-dealkylation sites (tertiary alicyclic amines) is 1. The predicted octanol–water partition coefficient (Wildman–Crippen LogP) is 4.55. The van der Waals surface area contributed by atoms with E-state index in [9.17, 15) is 13.6 Å². The maximum atomic E-state index is 15.0. The summed E-state index contributed by atoms with van der Waals surface area (Å²) in [4.78, 5) is 21.8. The van der Waals surface area contributed by atoms with Crippen LogP contribution < -0.4 is 15.4 Å². The van der Waals surface area contributed by atoms with Gasteiger partial charge in [-0.3, -0.25) is 14.7 Å². The van der Waals surface area contributed by atoms with Gasteiger partial charge >= 0.3 is 0 Å². The lowest BCUT2D eigenvalue weighted by molar-refractivity contribution is -0.113. The predicted molar refractivity (Wildman–Crippen MR) is 147 cm³/mol. The lowest BCUT2D eigenvalue weighted by Gasteiger charge is -2.35. The molecule has 0 aliphatic carbocycles. The van der Waals surface area contributed by atoms with E-state index in [1.54, 1.807) is 12.3 Å². The van der Waals surface area contributed by atoms with E-state index >= 15 is 4.39 Å². The van der Waals surface area contributed by atoms with Crippen molar-refractivity contribution in [3.05, 3.63) is 53.4 Å². The normalized spacial score (nSPS) is 19.2. The van der Waals surface area contributed by atoms with Crippen LogP contribution in [0.5, 0.6) is 5.75 Å². The number of methoxy groups -OCH3 is 1. The maximum absolute atomic E-state index is 15.0. The fourth-order valence-electron chi connectivity index (χ4n) is 4.67. The highest BCUT2D eigenvalue weighted by molar-refractivity contribution is 8.00. The largest absolute Gasteiger partial charge is 0.497 e. The van der Waals surface area contributed by atoms with Gasteiger partial charge in [0.2, 0.25) is 5.91 Å². The molecule has 1 fully saturated rings. The van der Waals surface area contributed by atoms with Gasteiger partial charge in [-0.2, -0.15) is 0 Å². The van der Waals surface area contributed by atoms with E-state index in [0.717, 1.165) is 16.8 Å². The molecule has 4 heterocycles. The number of pyridine rings is 2. The molecule has 0 saturated carbocycles. The Kier molecular flexibility index (Phi) is 10.5. The van der Waals surface area contributed by atoms with Crippen molar-refractivity contribution in [2.75, 3.05) is 37.8 Å². The zero-order valence-corrected chi connectivity index (χ0v) is 23.0. The van der Waals surface area contributed by atoms with Gasteiger partial charge in [0.05, 0.1) is 24.7 Å². The van der Waals surface area contributed by atoms with Gasteiger partial charge in [0.1, 0.15) is 28.3 Å². The molecule has 3 aromatic rings. The van der Waals surface area contributed by atoms with E-state index in [0.29, 0.717) is 60.6 Å². The molecule has 7 nitrogen and oxygen atoms in total. The van der Waals surface area contributed by atoms with Gasteiger partial charge < -0.3 is 15.4 Å². The zero-order valence-electron chi connectivity index (χ0n) is 20.5. The van der Waals surface area contributed by atoms with E-state index in [-0.39, 0.29) is 48.8 Å². The van der Waals surface area contributed by atoms with E-state index in [1.165, 1.54) is 24.9 Å². The summed E-state index contributed by atoms with van der Waals surface area (Å²) in [6.45, 7) is 1.74. The molecule has 0 bridgehead atoms. The number of hydrogen-bond donors (Lipinski definition) is 2. The first kappa shape index (κ1) is 30.2. The second-order valence-corrected chi connectivity index (χ2v) is 9.93. The third-order valence-electron chi connectivity index (χ3n) is 6.59. The summed E-state index contributed by atoms with van der Waals surface area (Å²) < 4.78 is 49.1. The van der Waals surface area contributed by atoms with Gasteiger partial charge in [-0.1, -0.05) is 11.8 Å². The number of amides is 1. The SMILES string of the molecule is COc1cc(F)c2ncc(F)c(CCN3CCC(NCc4cnc5c(c4)NC(=O)CS5)C(F)C3)c2c1.Cl.Cl. The molecule has 1 amide bonds. The Morgan fingerprint density at radius 3 is 2.76 bits per heavy atom. The maximum Gasteiger partial charge on any atom is 0.234 e. The van der Waals surface area contributed by atoms with E-state index in [2.05, 4.69) is 20.6 Å². The van der Waals surface area contributed by atoms with Gasteiger partial charge in [0.15, 0.2) is 5.82 Å². The van der Waals surface area contributed by atoms with Crippen LogP contribution in [0.1, 0.15) is 17.5 Å². The standard InChI is InChI=1S/C25H26F3N5O2S.2ClH/c1-35-15-7-17-16(19(27)11-30-24(17)18(26)8-15)2-4-33-5-3-21(20(28)12-33)29-9-14-6-22-25(31-10-14)36-13-23(34)32-22;;/h6-8,10-11,20-21,29H,2-5,9,12-13H2,1H3,(H,32,34);2*1H. The minimum atomic E-state index is -1.10. The summed E-state index contributed by atoms with van der Waals surface area (Å²) in [6.07, 6.45) is 2.56. The van der Waals surface area contributed by atoms with Gasteiger partial charge in [-0.15, -0.1) is 24.8 Å². The number of nitrogens with zero attached hydrogens (tertiary/aromatic N) is 3. The average molecular weight is 590 g/mol. The van der Waals surface area contributed by atoms with Gasteiger partial charge in [-0.05, 0) is 37.1 Å². The first-order chi connectivity index (χ1) is 17.4. The molecule has 2 aromatic heterocycles. The summed E-state index contributed by atoms with van der Waals surface area (Å²) in [5, 5.41) is 7.24. The zero-order chi connectivity index (χ0) is 25.2. The smallest absolute Gasteiger partial charge is 0.234 e. The molecule has 2 unspecified atom stereocenters. The molecular weight excluding hydrogens is 562 g/mol. The third-order valence-corrected chi connectivity index (χ3v) is 7.59. The summed E-state index contributed by atoms with van der Waals surface area (Å²) >= 11 is 1.40. The van der Waals surface area contributed by atoms with Crippen molar-refractivity contribution >= 4 is 59.1 Å². The second-order valence-electron chi connectivity index (χ2n) is 8.97. The number of hydrogen-bond acceptors (Lipinski definition) is 7. The van der Waals surface area contributed by atoms with Gasteiger partial charge in [-0.25, -0.2) is 18.2 Å². The summed E-state index contributed by atoms with van der Waals surface area (Å²) in [7, 11) is 1.42. The molecule has 2 atom stereocenters. The lowest BCUT2D eigenvalue weighted by Crippen LogP contribution is -2.51. The Morgan fingerprint density at radius 1 is 1.18 bits per heavy atom. The second kappa shape index (κ2) is 13.2. The highest BCUT2D eigenvalue weighted by Crippen LogP contribution is 2.30. The molecule has 206 valence electrons.